The monoisotopic (exact) mass is 294 g/mol. The summed E-state index contributed by atoms with van der Waals surface area (Å²) >= 11 is 6.08. The molecule has 2 rings (SSSR count). The minimum Gasteiger partial charge on any atom is -0.497 e. The van der Waals surface area contributed by atoms with Crippen molar-refractivity contribution >= 4 is 22.6 Å². The average Bonchev–Trinajstić information content (AvgIpc) is 2.84. The van der Waals surface area contributed by atoms with E-state index in [0.717, 1.165) is 29.0 Å². The van der Waals surface area contributed by atoms with Gasteiger partial charge in [0.05, 0.1) is 24.0 Å². The number of aromatic nitrogens is 2. The van der Waals surface area contributed by atoms with E-state index in [1.165, 1.54) is 6.42 Å². The van der Waals surface area contributed by atoms with Gasteiger partial charge in [-0.1, -0.05) is 20.3 Å². The molecule has 0 aliphatic rings. The van der Waals surface area contributed by atoms with Crippen LogP contribution in [-0.4, -0.2) is 16.7 Å². The van der Waals surface area contributed by atoms with Gasteiger partial charge in [0.25, 0.3) is 0 Å². The molecule has 20 heavy (non-hydrogen) atoms. The third-order valence-corrected chi connectivity index (χ3v) is 4.21. The summed E-state index contributed by atoms with van der Waals surface area (Å²) in [4.78, 5) is 4.64. The van der Waals surface area contributed by atoms with Crippen LogP contribution in [0.1, 0.15) is 45.5 Å². The van der Waals surface area contributed by atoms with E-state index < -0.39 is 0 Å². The molecule has 1 aromatic heterocycles. The predicted octanol–water partition coefficient (Wildman–Crippen LogP) is 4.78. The Morgan fingerprint density at radius 1 is 1.35 bits per heavy atom. The van der Waals surface area contributed by atoms with Gasteiger partial charge in [0.1, 0.15) is 11.6 Å². The zero-order valence-corrected chi connectivity index (χ0v) is 13.4. The number of hydrogen-bond donors (Lipinski definition) is 0. The minimum absolute atomic E-state index is 0.400. The Bertz CT molecular complexity index is 579. The molecular formula is C16H23ClN2O. The molecule has 0 aliphatic carbocycles. The van der Waals surface area contributed by atoms with E-state index in [2.05, 4.69) is 36.4 Å². The highest BCUT2D eigenvalue weighted by Gasteiger charge is 2.17. The lowest BCUT2D eigenvalue weighted by Gasteiger charge is -2.20. The number of rotatable bonds is 6. The van der Waals surface area contributed by atoms with Crippen LogP contribution < -0.4 is 4.74 Å². The van der Waals surface area contributed by atoms with E-state index in [0.29, 0.717) is 17.8 Å². The maximum absolute atomic E-state index is 6.08. The zero-order chi connectivity index (χ0) is 14.7. The van der Waals surface area contributed by atoms with Crippen molar-refractivity contribution in [3.05, 3.63) is 24.0 Å². The number of hydrogen-bond acceptors (Lipinski definition) is 2. The molecule has 0 bridgehead atoms. The van der Waals surface area contributed by atoms with Crippen LogP contribution in [0.25, 0.3) is 11.0 Å². The van der Waals surface area contributed by atoms with Gasteiger partial charge in [-0.3, -0.25) is 0 Å². The van der Waals surface area contributed by atoms with Gasteiger partial charge in [0.2, 0.25) is 0 Å². The quantitative estimate of drug-likeness (QED) is 0.717. The molecule has 0 spiro atoms. The molecule has 0 fully saturated rings. The smallest absolute Gasteiger partial charge is 0.125 e. The summed E-state index contributed by atoms with van der Waals surface area (Å²) in [5.74, 6) is 2.90. The summed E-state index contributed by atoms with van der Waals surface area (Å²) in [6, 6.07) is 6.42. The molecule has 2 aromatic rings. The highest BCUT2D eigenvalue weighted by molar-refractivity contribution is 6.16. The molecular weight excluding hydrogens is 272 g/mol. The van der Waals surface area contributed by atoms with Crippen LogP contribution in [0, 0.1) is 5.92 Å². The predicted molar refractivity (Wildman–Crippen MR) is 84.6 cm³/mol. The fourth-order valence-electron chi connectivity index (χ4n) is 2.70. The number of halogens is 1. The van der Waals surface area contributed by atoms with Gasteiger partial charge in [-0.2, -0.15) is 0 Å². The standard InChI is InChI=1S/C16H23ClN2O/c1-5-11(2)8-12(3)19-15-7-6-13(20-4)9-14(15)18-16(19)10-17/h6-7,9,11-12H,5,8,10H2,1-4H3. The van der Waals surface area contributed by atoms with Gasteiger partial charge >= 0.3 is 0 Å². The van der Waals surface area contributed by atoms with Crippen LogP contribution in [0.2, 0.25) is 0 Å². The maximum atomic E-state index is 6.08. The fraction of sp³-hybridized carbons (Fsp3) is 0.562. The Labute approximate surface area is 125 Å². The Hall–Kier alpha value is -1.22. The van der Waals surface area contributed by atoms with Crippen molar-refractivity contribution in [2.45, 2.75) is 45.5 Å². The van der Waals surface area contributed by atoms with Crippen LogP contribution in [0.15, 0.2) is 18.2 Å². The summed E-state index contributed by atoms with van der Waals surface area (Å²) < 4.78 is 7.54. The second kappa shape index (κ2) is 6.49. The first-order valence-corrected chi connectivity index (χ1v) is 7.74. The molecule has 0 saturated heterocycles. The number of nitrogens with zero attached hydrogens (tertiary/aromatic N) is 2. The van der Waals surface area contributed by atoms with Gasteiger partial charge in [0.15, 0.2) is 0 Å². The lowest BCUT2D eigenvalue weighted by Crippen LogP contribution is -2.11. The molecule has 0 saturated carbocycles. The third kappa shape index (κ3) is 2.93. The van der Waals surface area contributed by atoms with Crippen LogP contribution in [0.3, 0.4) is 0 Å². The molecule has 0 radical (unpaired) electrons. The molecule has 2 unspecified atom stereocenters. The van der Waals surface area contributed by atoms with E-state index in [9.17, 15) is 0 Å². The molecule has 2 atom stereocenters. The number of alkyl halides is 1. The lowest BCUT2D eigenvalue weighted by atomic mass is 10.00. The maximum Gasteiger partial charge on any atom is 0.125 e. The summed E-state index contributed by atoms with van der Waals surface area (Å²) in [6.45, 7) is 6.77. The van der Waals surface area contributed by atoms with E-state index in [1.54, 1.807) is 7.11 Å². The normalized spacial score (nSPS) is 14.4. The minimum atomic E-state index is 0.400. The lowest BCUT2D eigenvalue weighted by molar-refractivity contribution is 0.399. The van der Waals surface area contributed by atoms with E-state index >= 15 is 0 Å². The molecule has 3 nitrogen and oxygen atoms in total. The molecule has 0 aliphatic heterocycles. The van der Waals surface area contributed by atoms with E-state index in [-0.39, 0.29) is 0 Å². The SMILES string of the molecule is CCC(C)CC(C)n1c(CCl)nc2cc(OC)ccc21. The number of ether oxygens (including phenoxy) is 1. The van der Waals surface area contributed by atoms with E-state index in [4.69, 9.17) is 16.3 Å². The number of benzene rings is 1. The van der Waals surface area contributed by atoms with Crippen LogP contribution >= 0.6 is 11.6 Å². The number of methoxy groups -OCH3 is 1. The molecule has 1 heterocycles. The van der Waals surface area contributed by atoms with Gasteiger partial charge < -0.3 is 9.30 Å². The number of fused-ring (bicyclic) bond motifs is 1. The van der Waals surface area contributed by atoms with Crippen LogP contribution in [0.4, 0.5) is 0 Å². The Morgan fingerprint density at radius 3 is 2.70 bits per heavy atom. The van der Waals surface area contributed by atoms with Crippen molar-refractivity contribution in [2.75, 3.05) is 7.11 Å². The molecule has 0 amide bonds. The molecule has 110 valence electrons. The second-order valence-corrected chi connectivity index (χ2v) is 5.75. The van der Waals surface area contributed by atoms with Crippen molar-refractivity contribution in [2.24, 2.45) is 5.92 Å². The first kappa shape index (κ1) is 15.2. The van der Waals surface area contributed by atoms with Crippen molar-refractivity contribution in [1.29, 1.82) is 0 Å². The molecule has 0 N–H and O–H groups in total. The largest absolute Gasteiger partial charge is 0.497 e. The first-order chi connectivity index (χ1) is 9.60. The fourth-order valence-corrected chi connectivity index (χ4v) is 2.88. The van der Waals surface area contributed by atoms with Gasteiger partial charge in [0, 0.05) is 12.1 Å². The van der Waals surface area contributed by atoms with Gasteiger partial charge in [-0.05, 0) is 31.4 Å². The molecule has 4 heteroatoms. The van der Waals surface area contributed by atoms with Crippen molar-refractivity contribution in [3.63, 3.8) is 0 Å². The molecule has 1 aromatic carbocycles. The number of imidazole rings is 1. The van der Waals surface area contributed by atoms with Crippen LogP contribution in [-0.2, 0) is 5.88 Å². The van der Waals surface area contributed by atoms with Gasteiger partial charge in [-0.25, -0.2) is 4.98 Å². The first-order valence-electron chi connectivity index (χ1n) is 7.21. The van der Waals surface area contributed by atoms with Crippen molar-refractivity contribution in [1.82, 2.24) is 9.55 Å². The summed E-state index contributed by atoms with van der Waals surface area (Å²) in [5, 5.41) is 0. The third-order valence-electron chi connectivity index (χ3n) is 3.97. The topological polar surface area (TPSA) is 27.1 Å². The second-order valence-electron chi connectivity index (χ2n) is 5.48. The summed E-state index contributed by atoms with van der Waals surface area (Å²) in [6.07, 6.45) is 2.33. The van der Waals surface area contributed by atoms with Gasteiger partial charge in [-0.15, -0.1) is 11.6 Å². The summed E-state index contributed by atoms with van der Waals surface area (Å²) in [5.41, 5.74) is 2.09. The van der Waals surface area contributed by atoms with Crippen molar-refractivity contribution < 1.29 is 4.74 Å². The van der Waals surface area contributed by atoms with E-state index in [1.807, 2.05) is 12.1 Å². The zero-order valence-electron chi connectivity index (χ0n) is 12.7. The highest BCUT2D eigenvalue weighted by atomic mass is 35.5. The van der Waals surface area contributed by atoms with Crippen molar-refractivity contribution in [3.8, 4) is 5.75 Å². The Morgan fingerprint density at radius 2 is 2.10 bits per heavy atom. The Balaban J connectivity index is 2.44. The average molecular weight is 295 g/mol. The summed E-state index contributed by atoms with van der Waals surface area (Å²) in [7, 11) is 1.67. The highest BCUT2D eigenvalue weighted by Crippen LogP contribution is 2.29. The Kier molecular flexibility index (Phi) is 4.92. The van der Waals surface area contributed by atoms with Crippen LogP contribution in [0.5, 0.6) is 5.75 Å².